The van der Waals surface area contributed by atoms with Crippen LogP contribution >= 0.6 is 0 Å². The molecule has 0 aliphatic carbocycles. The lowest BCUT2D eigenvalue weighted by atomic mass is 10.1. The fourth-order valence-electron chi connectivity index (χ4n) is 2.59. The molecule has 1 N–H and O–H groups in total. The maximum absolute atomic E-state index is 11.8. The van der Waals surface area contributed by atoms with E-state index in [-0.39, 0.29) is 5.91 Å². The molecule has 0 unspecified atom stereocenters. The van der Waals surface area contributed by atoms with Gasteiger partial charge in [0.15, 0.2) is 0 Å². The first-order valence-corrected chi connectivity index (χ1v) is 8.70. The Morgan fingerprint density at radius 1 is 0.880 bits per heavy atom. The van der Waals surface area contributed by atoms with Crippen LogP contribution in [0.5, 0.6) is 11.5 Å². The van der Waals surface area contributed by atoms with Gasteiger partial charge in [0.05, 0.1) is 13.2 Å². The quantitative estimate of drug-likeness (QED) is 0.702. The first-order chi connectivity index (χ1) is 12.0. The monoisotopic (exact) mass is 341 g/mol. The molecule has 0 radical (unpaired) electrons. The minimum Gasteiger partial charge on any atom is -0.494 e. The lowest BCUT2D eigenvalue weighted by molar-refractivity contribution is -0.121. The highest BCUT2D eigenvalue weighted by atomic mass is 16.5. The minimum absolute atomic E-state index is 0.0249. The average Bonchev–Trinajstić information content (AvgIpc) is 2.55. The van der Waals surface area contributed by atoms with Gasteiger partial charge in [0, 0.05) is 6.42 Å². The van der Waals surface area contributed by atoms with Crippen molar-refractivity contribution in [2.45, 2.75) is 33.6 Å². The molecule has 25 heavy (non-hydrogen) atoms. The van der Waals surface area contributed by atoms with Crippen molar-refractivity contribution in [3.8, 4) is 11.5 Å². The van der Waals surface area contributed by atoms with E-state index in [0.29, 0.717) is 32.6 Å². The van der Waals surface area contributed by atoms with E-state index < -0.39 is 0 Å². The minimum atomic E-state index is 0.0249. The van der Waals surface area contributed by atoms with E-state index in [0.717, 1.165) is 11.5 Å². The predicted octanol–water partition coefficient (Wildman–Crippen LogP) is 3.97. The molecule has 134 valence electrons. The zero-order valence-electron chi connectivity index (χ0n) is 15.3. The maximum atomic E-state index is 11.8. The van der Waals surface area contributed by atoms with Crippen LogP contribution in [0.3, 0.4) is 0 Å². The molecule has 2 aromatic carbocycles. The summed E-state index contributed by atoms with van der Waals surface area (Å²) in [5.74, 6) is 1.72. The highest BCUT2D eigenvalue weighted by molar-refractivity contribution is 5.75. The summed E-state index contributed by atoms with van der Waals surface area (Å²) in [5.41, 5.74) is 3.51. The summed E-state index contributed by atoms with van der Waals surface area (Å²) in [6.07, 6.45) is 1.15. The summed E-state index contributed by atoms with van der Waals surface area (Å²) in [5, 5.41) is 2.87. The molecule has 2 rings (SSSR count). The normalized spacial score (nSPS) is 10.4. The van der Waals surface area contributed by atoms with E-state index in [2.05, 4.69) is 11.4 Å². The molecular formula is C21H27NO3. The first kappa shape index (κ1) is 18.8. The van der Waals surface area contributed by atoms with Crippen LogP contribution in [0.2, 0.25) is 0 Å². The summed E-state index contributed by atoms with van der Waals surface area (Å²) in [4.78, 5) is 11.8. The van der Waals surface area contributed by atoms with E-state index >= 15 is 0 Å². The predicted molar refractivity (Wildman–Crippen MR) is 100 cm³/mol. The molecule has 2 aromatic rings. The summed E-state index contributed by atoms with van der Waals surface area (Å²) in [6.45, 7) is 7.62. The van der Waals surface area contributed by atoms with Crippen LogP contribution in [-0.2, 0) is 4.79 Å². The number of hydrogen-bond acceptors (Lipinski definition) is 3. The van der Waals surface area contributed by atoms with Gasteiger partial charge in [-0.05, 0) is 68.1 Å². The van der Waals surface area contributed by atoms with Gasteiger partial charge in [0.25, 0.3) is 0 Å². The third-order valence-electron chi connectivity index (χ3n) is 3.69. The molecule has 0 spiro atoms. The van der Waals surface area contributed by atoms with E-state index in [9.17, 15) is 4.79 Å². The average molecular weight is 341 g/mol. The molecule has 4 nitrogen and oxygen atoms in total. The number of ether oxygens (including phenoxy) is 2. The molecule has 0 aliphatic rings. The molecule has 1 amide bonds. The number of hydrogen-bond donors (Lipinski definition) is 1. The summed E-state index contributed by atoms with van der Waals surface area (Å²) in [7, 11) is 0. The number of rotatable bonds is 9. The fourth-order valence-corrected chi connectivity index (χ4v) is 2.59. The number of aryl methyl sites for hydroxylation is 3. The topological polar surface area (TPSA) is 47.6 Å². The van der Waals surface area contributed by atoms with E-state index in [1.165, 1.54) is 16.7 Å². The van der Waals surface area contributed by atoms with Crippen molar-refractivity contribution >= 4 is 5.91 Å². The van der Waals surface area contributed by atoms with Crippen LogP contribution in [0.1, 0.15) is 29.5 Å². The van der Waals surface area contributed by atoms with Crippen molar-refractivity contribution in [1.29, 1.82) is 0 Å². The SMILES string of the molecule is Cc1cccc(OCCCC(=O)NCCOc2cc(C)cc(C)c2)c1. The molecule has 0 saturated heterocycles. The highest BCUT2D eigenvalue weighted by Gasteiger charge is 2.02. The Morgan fingerprint density at radius 2 is 1.56 bits per heavy atom. The van der Waals surface area contributed by atoms with Crippen molar-refractivity contribution in [2.75, 3.05) is 19.8 Å². The number of nitrogens with one attached hydrogen (secondary N) is 1. The van der Waals surface area contributed by atoms with Gasteiger partial charge in [-0.25, -0.2) is 0 Å². The zero-order valence-corrected chi connectivity index (χ0v) is 15.3. The van der Waals surface area contributed by atoms with Gasteiger partial charge in [-0.1, -0.05) is 18.2 Å². The van der Waals surface area contributed by atoms with Gasteiger partial charge in [-0.2, -0.15) is 0 Å². The Hall–Kier alpha value is -2.49. The molecular weight excluding hydrogens is 314 g/mol. The Bertz CT molecular complexity index is 677. The second-order valence-corrected chi connectivity index (χ2v) is 6.29. The van der Waals surface area contributed by atoms with Gasteiger partial charge in [-0.15, -0.1) is 0 Å². The van der Waals surface area contributed by atoms with Crippen molar-refractivity contribution in [1.82, 2.24) is 5.32 Å². The summed E-state index contributed by atoms with van der Waals surface area (Å²) >= 11 is 0. The molecule has 0 bridgehead atoms. The van der Waals surface area contributed by atoms with Crippen molar-refractivity contribution < 1.29 is 14.3 Å². The van der Waals surface area contributed by atoms with E-state index in [1.807, 2.05) is 57.2 Å². The Morgan fingerprint density at radius 3 is 2.28 bits per heavy atom. The molecule has 0 saturated carbocycles. The van der Waals surface area contributed by atoms with Crippen LogP contribution in [0.4, 0.5) is 0 Å². The lowest BCUT2D eigenvalue weighted by Crippen LogP contribution is -2.28. The second-order valence-electron chi connectivity index (χ2n) is 6.29. The Labute approximate surface area is 150 Å². The van der Waals surface area contributed by atoms with Gasteiger partial charge >= 0.3 is 0 Å². The summed E-state index contributed by atoms with van der Waals surface area (Å²) in [6, 6.07) is 14.0. The van der Waals surface area contributed by atoms with Crippen LogP contribution < -0.4 is 14.8 Å². The third-order valence-corrected chi connectivity index (χ3v) is 3.69. The second kappa shape index (κ2) is 9.72. The lowest BCUT2D eigenvalue weighted by Gasteiger charge is -2.10. The molecule has 0 fully saturated rings. The molecule has 0 aliphatic heterocycles. The molecule has 0 atom stereocenters. The number of benzene rings is 2. The van der Waals surface area contributed by atoms with Crippen LogP contribution in [-0.4, -0.2) is 25.7 Å². The van der Waals surface area contributed by atoms with Crippen molar-refractivity contribution in [3.05, 3.63) is 59.2 Å². The van der Waals surface area contributed by atoms with Gasteiger partial charge in [-0.3, -0.25) is 4.79 Å². The van der Waals surface area contributed by atoms with Crippen LogP contribution in [0, 0.1) is 20.8 Å². The van der Waals surface area contributed by atoms with Crippen molar-refractivity contribution in [3.63, 3.8) is 0 Å². The molecule has 4 heteroatoms. The number of amides is 1. The summed E-state index contributed by atoms with van der Waals surface area (Å²) < 4.78 is 11.3. The fraction of sp³-hybridized carbons (Fsp3) is 0.381. The molecule has 0 heterocycles. The first-order valence-electron chi connectivity index (χ1n) is 8.70. The van der Waals surface area contributed by atoms with Crippen molar-refractivity contribution in [2.24, 2.45) is 0 Å². The number of carbonyl (C=O) groups is 1. The van der Waals surface area contributed by atoms with Crippen LogP contribution in [0.15, 0.2) is 42.5 Å². The standard InChI is InChI=1S/C21H27NO3/c1-16-6-4-7-19(13-16)24-10-5-8-21(23)22-9-11-25-20-14-17(2)12-18(3)15-20/h4,6-7,12-15H,5,8-11H2,1-3H3,(H,22,23). The van der Waals surface area contributed by atoms with Crippen LogP contribution in [0.25, 0.3) is 0 Å². The third kappa shape index (κ3) is 7.29. The van der Waals surface area contributed by atoms with Gasteiger partial charge in [0.2, 0.25) is 5.91 Å². The van der Waals surface area contributed by atoms with Gasteiger partial charge < -0.3 is 14.8 Å². The van der Waals surface area contributed by atoms with Gasteiger partial charge in [0.1, 0.15) is 18.1 Å². The highest BCUT2D eigenvalue weighted by Crippen LogP contribution is 2.16. The number of carbonyl (C=O) groups excluding carboxylic acids is 1. The van der Waals surface area contributed by atoms with E-state index in [1.54, 1.807) is 0 Å². The Balaban J connectivity index is 1.56. The zero-order chi connectivity index (χ0) is 18.1. The Kier molecular flexibility index (Phi) is 7.33. The smallest absolute Gasteiger partial charge is 0.220 e. The maximum Gasteiger partial charge on any atom is 0.220 e. The van der Waals surface area contributed by atoms with E-state index in [4.69, 9.17) is 9.47 Å². The molecule has 0 aromatic heterocycles. The largest absolute Gasteiger partial charge is 0.494 e.